The first kappa shape index (κ1) is 15.7. The highest BCUT2D eigenvalue weighted by molar-refractivity contribution is 8.00. The Labute approximate surface area is 134 Å². The van der Waals surface area contributed by atoms with Crippen molar-refractivity contribution in [3.8, 4) is 0 Å². The molecule has 0 radical (unpaired) electrons. The van der Waals surface area contributed by atoms with Crippen LogP contribution in [0.3, 0.4) is 0 Å². The molecule has 106 valence electrons. The van der Waals surface area contributed by atoms with E-state index in [9.17, 15) is 0 Å². The number of benzene rings is 2. The Morgan fingerprint density at radius 2 is 1.75 bits per heavy atom. The molecule has 2 unspecified atom stereocenters. The summed E-state index contributed by atoms with van der Waals surface area (Å²) in [6.45, 7) is 2.19. The number of hydrogen-bond acceptors (Lipinski definition) is 2. The summed E-state index contributed by atoms with van der Waals surface area (Å²) in [4.78, 5) is 1.02. The van der Waals surface area contributed by atoms with Crippen molar-refractivity contribution in [1.82, 2.24) is 5.32 Å². The minimum atomic E-state index is 0.260. The van der Waals surface area contributed by atoms with E-state index in [4.69, 9.17) is 23.2 Å². The van der Waals surface area contributed by atoms with Crippen molar-refractivity contribution >= 4 is 35.0 Å². The van der Waals surface area contributed by atoms with Crippen molar-refractivity contribution in [3.63, 3.8) is 0 Å². The fourth-order valence-corrected chi connectivity index (χ4v) is 3.86. The smallest absolute Gasteiger partial charge is 0.0543 e. The number of thioether (sulfide) groups is 1. The van der Waals surface area contributed by atoms with Gasteiger partial charge in [0.15, 0.2) is 0 Å². The maximum atomic E-state index is 6.23. The van der Waals surface area contributed by atoms with E-state index in [0.29, 0.717) is 10.3 Å². The molecule has 0 spiro atoms. The minimum absolute atomic E-state index is 0.260. The molecule has 0 amide bonds. The highest BCUT2D eigenvalue weighted by atomic mass is 35.5. The van der Waals surface area contributed by atoms with Crippen molar-refractivity contribution in [2.45, 2.75) is 23.1 Å². The Bertz CT molecular complexity index is 560. The lowest BCUT2D eigenvalue weighted by Crippen LogP contribution is -2.25. The predicted octanol–water partition coefficient (Wildman–Crippen LogP) is 5.43. The van der Waals surface area contributed by atoms with E-state index < -0.39 is 0 Å². The van der Waals surface area contributed by atoms with E-state index in [1.165, 1.54) is 5.56 Å². The van der Waals surface area contributed by atoms with Gasteiger partial charge in [-0.15, -0.1) is 11.8 Å². The van der Waals surface area contributed by atoms with Crippen molar-refractivity contribution < 1.29 is 0 Å². The third-order valence-electron chi connectivity index (χ3n) is 3.15. The zero-order chi connectivity index (χ0) is 14.5. The molecule has 1 N–H and O–H groups in total. The summed E-state index contributed by atoms with van der Waals surface area (Å²) < 4.78 is 0. The van der Waals surface area contributed by atoms with E-state index >= 15 is 0 Å². The van der Waals surface area contributed by atoms with Crippen LogP contribution in [0.2, 0.25) is 10.0 Å². The highest BCUT2D eigenvalue weighted by Crippen LogP contribution is 2.36. The van der Waals surface area contributed by atoms with E-state index in [1.54, 1.807) is 11.8 Å². The van der Waals surface area contributed by atoms with E-state index in [1.807, 2.05) is 31.3 Å². The van der Waals surface area contributed by atoms with Crippen LogP contribution < -0.4 is 5.32 Å². The molecule has 0 saturated carbocycles. The third-order valence-corrected chi connectivity index (χ3v) is 5.06. The van der Waals surface area contributed by atoms with Gasteiger partial charge in [-0.25, -0.2) is 0 Å². The molecule has 4 heteroatoms. The van der Waals surface area contributed by atoms with Crippen LogP contribution in [0.5, 0.6) is 0 Å². The molecule has 0 aliphatic rings. The van der Waals surface area contributed by atoms with Gasteiger partial charge in [0.25, 0.3) is 0 Å². The maximum absolute atomic E-state index is 6.23. The van der Waals surface area contributed by atoms with Crippen LogP contribution in [0.1, 0.15) is 18.5 Å². The molecule has 2 atom stereocenters. The normalized spacial score (nSPS) is 14.0. The number of halogens is 2. The van der Waals surface area contributed by atoms with Gasteiger partial charge in [0.05, 0.1) is 5.02 Å². The molecular weight excluding hydrogens is 309 g/mol. The van der Waals surface area contributed by atoms with Gasteiger partial charge in [-0.1, -0.05) is 60.5 Å². The molecule has 1 nitrogen and oxygen atoms in total. The van der Waals surface area contributed by atoms with Crippen LogP contribution in [0, 0.1) is 0 Å². The third kappa shape index (κ3) is 3.92. The van der Waals surface area contributed by atoms with Gasteiger partial charge in [0, 0.05) is 21.2 Å². The molecule has 0 aromatic heterocycles. The maximum Gasteiger partial charge on any atom is 0.0543 e. The quantitative estimate of drug-likeness (QED) is 0.735. The Kier molecular flexibility index (Phi) is 5.79. The van der Waals surface area contributed by atoms with Crippen molar-refractivity contribution in [3.05, 3.63) is 64.1 Å². The zero-order valence-corrected chi connectivity index (χ0v) is 13.8. The Hall–Kier alpha value is -0.670. The topological polar surface area (TPSA) is 12.0 Å². The lowest BCUT2D eigenvalue weighted by Gasteiger charge is -2.24. The number of nitrogens with one attached hydrogen (secondary N) is 1. The van der Waals surface area contributed by atoms with Crippen LogP contribution in [0.4, 0.5) is 0 Å². The molecule has 2 aromatic carbocycles. The molecule has 0 bridgehead atoms. The van der Waals surface area contributed by atoms with Gasteiger partial charge in [-0.2, -0.15) is 0 Å². The first-order valence-corrected chi connectivity index (χ1v) is 8.09. The predicted molar refractivity (Wildman–Crippen MR) is 90.0 cm³/mol. The van der Waals surface area contributed by atoms with Gasteiger partial charge < -0.3 is 5.32 Å². The summed E-state index contributed by atoms with van der Waals surface area (Å²) in [6, 6.07) is 16.3. The van der Waals surface area contributed by atoms with Gasteiger partial charge in [-0.3, -0.25) is 0 Å². The fourth-order valence-electron chi connectivity index (χ4n) is 2.17. The van der Waals surface area contributed by atoms with Crippen molar-refractivity contribution in [1.29, 1.82) is 0 Å². The van der Waals surface area contributed by atoms with Gasteiger partial charge in [0.2, 0.25) is 0 Å². The van der Waals surface area contributed by atoms with Crippen LogP contribution in [-0.2, 0) is 0 Å². The van der Waals surface area contributed by atoms with Crippen molar-refractivity contribution in [2.75, 3.05) is 7.05 Å². The van der Waals surface area contributed by atoms with Gasteiger partial charge in [-0.05, 0) is 30.8 Å². The number of hydrogen-bond donors (Lipinski definition) is 1. The molecule has 2 rings (SSSR count). The molecular formula is C16H17Cl2NS. The largest absolute Gasteiger partial charge is 0.312 e. The zero-order valence-electron chi connectivity index (χ0n) is 11.4. The van der Waals surface area contributed by atoms with E-state index in [2.05, 4.69) is 36.5 Å². The summed E-state index contributed by atoms with van der Waals surface area (Å²) in [5, 5.41) is 5.16. The summed E-state index contributed by atoms with van der Waals surface area (Å²) in [6.07, 6.45) is 0. The van der Waals surface area contributed by atoms with Crippen LogP contribution >= 0.6 is 35.0 Å². The SMILES string of the molecule is CNC(c1ccccc1)C(C)Sc1cc(Cl)ccc1Cl. The van der Waals surface area contributed by atoms with Crippen LogP contribution in [0.15, 0.2) is 53.4 Å². The average molecular weight is 326 g/mol. The Morgan fingerprint density at radius 1 is 1.05 bits per heavy atom. The Morgan fingerprint density at radius 3 is 2.40 bits per heavy atom. The van der Waals surface area contributed by atoms with Gasteiger partial charge >= 0.3 is 0 Å². The highest BCUT2D eigenvalue weighted by Gasteiger charge is 2.19. The van der Waals surface area contributed by atoms with Crippen LogP contribution in [0.25, 0.3) is 0 Å². The lowest BCUT2D eigenvalue weighted by molar-refractivity contribution is 0.589. The number of rotatable bonds is 5. The second kappa shape index (κ2) is 7.37. The summed E-state index contributed by atoms with van der Waals surface area (Å²) in [5.74, 6) is 0. The Balaban J connectivity index is 2.17. The molecule has 0 saturated heterocycles. The summed E-state index contributed by atoms with van der Waals surface area (Å²) in [5.41, 5.74) is 1.27. The fraction of sp³-hybridized carbons (Fsp3) is 0.250. The first-order chi connectivity index (χ1) is 9.61. The summed E-state index contributed by atoms with van der Waals surface area (Å²) >= 11 is 14.0. The lowest BCUT2D eigenvalue weighted by atomic mass is 10.0. The monoisotopic (exact) mass is 325 g/mol. The van der Waals surface area contributed by atoms with Gasteiger partial charge in [0.1, 0.15) is 0 Å². The molecule has 0 aliphatic carbocycles. The second-order valence-electron chi connectivity index (χ2n) is 4.57. The van der Waals surface area contributed by atoms with E-state index in [-0.39, 0.29) is 6.04 Å². The van der Waals surface area contributed by atoms with Crippen LogP contribution in [-0.4, -0.2) is 12.3 Å². The molecule has 0 heterocycles. The molecule has 20 heavy (non-hydrogen) atoms. The molecule has 0 fully saturated rings. The summed E-state index contributed by atoms with van der Waals surface area (Å²) in [7, 11) is 1.98. The molecule has 0 aliphatic heterocycles. The second-order valence-corrected chi connectivity index (χ2v) is 6.84. The standard InChI is InChI=1S/C16H17Cl2NS/c1-11(16(19-2)12-6-4-3-5-7-12)20-15-10-13(17)8-9-14(15)18/h3-11,16,19H,1-2H3. The average Bonchev–Trinajstić information content (AvgIpc) is 2.45. The first-order valence-electron chi connectivity index (χ1n) is 6.45. The van der Waals surface area contributed by atoms with E-state index in [0.717, 1.165) is 9.92 Å². The molecule has 2 aromatic rings. The van der Waals surface area contributed by atoms with Crippen molar-refractivity contribution in [2.24, 2.45) is 0 Å². The minimum Gasteiger partial charge on any atom is -0.312 e.